The van der Waals surface area contributed by atoms with Crippen LogP contribution in [-0.2, 0) is 19.1 Å². The van der Waals surface area contributed by atoms with Crippen molar-refractivity contribution in [1.82, 2.24) is 0 Å². The molecule has 1 fully saturated rings. The second-order valence-electron chi connectivity index (χ2n) is 8.56. The topological polar surface area (TPSA) is 93.1 Å². The summed E-state index contributed by atoms with van der Waals surface area (Å²) in [6.07, 6.45) is 5.52. The van der Waals surface area contributed by atoms with Gasteiger partial charge < -0.3 is 19.7 Å². The predicted molar refractivity (Wildman–Crippen MR) is 108 cm³/mol. The molecule has 0 amide bonds. The molecule has 0 saturated carbocycles. The lowest BCUT2D eigenvalue weighted by Crippen LogP contribution is -2.44. The van der Waals surface area contributed by atoms with Gasteiger partial charge >= 0.3 is 11.9 Å². The Morgan fingerprint density at radius 1 is 1.41 bits per heavy atom. The van der Waals surface area contributed by atoms with Crippen molar-refractivity contribution in [1.29, 1.82) is 0 Å². The normalized spacial score (nSPS) is 39.9. The first-order chi connectivity index (χ1) is 15.0. The highest BCUT2D eigenvalue weighted by Crippen LogP contribution is 2.44. The van der Waals surface area contributed by atoms with Crippen molar-refractivity contribution in [2.75, 3.05) is 0 Å². The molecular formula is C23H34O6. The molecule has 8 atom stereocenters. The molecule has 2 aliphatic carbocycles. The highest BCUT2D eigenvalue weighted by molar-refractivity contribution is 5.72. The zero-order valence-electron chi connectivity index (χ0n) is 20.1. The molecule has 2 N–H and O–H groups in total. The number of carbonyl (C=O) groups is 2. The number of aliphatic hydroxyl groups excluding tert-OH is 2. The van der Waals surface area contributed by atoms with E-state index in [1.807, 2.05) is 19.1 Å². The van der Waals surface area contributed by atoms with Crippen molar-refractivity contribution in [3.8, 4) is 0 Å². The molecular weight excluding hydrogens is 372 g/mol. The Balaban J connectivity index is 1.77. The molecule has 0 radical (unpaired) electrons. The molecule has 0 aromatic heterocycles. The molecule has 0 spiro atoms. The standard InChI is InChI=1S/C23H34O6/c1-4-13(2)23(27)29-20-7-5-6-15-10-19(25)14(3)18(22(15)20)9-8-17-11-16(24)12-21(26)28-17/h5-6,10,13-14,16-20,22,24-25H,4,7-9,11-12H2,1-3H3/t13-,14+,16+,17+,18-,19+,20-,22-/m0/s1/i2D3. The van der Waals surface area contributed by atoms with Gasteiger partial charge in [-0.3, -0.25) is 9.59 Å². The van der Waals surface area contributed by atoms with Gasteiger partial charge in [0.1, 0.15) is 12.2 Å². The van der Waals surface area contributed by atoms with Crippen LogP contribution in [0.25, 0.3) is 0 Å². The average molecular weight is 410 g/mol. The number of cyclic esters (lactones) is 1. The lowest BCUT2D eigenvalue weighted by Gasteiger charge is -2.44. The minimum atomic E-state index is -2.42. The summed E-state index contributed by atoms with van der Waals surface area (Å²) in [6.45, 7) is 1.18. The molecule has 0 unspecified atom stereocenters. The van der Waals surface area contributed by atoms with Crippen LogP contribution in [0.5, 0.6) is 0 Å². The summed E-state index contributed by atoms with van der Waals surface area (Å²) in [4.78, 5) is 24.4. The summed E-state index contributed by atoms with van der Waals surface area (Å²) < 4.78 is 34.1. The summed E-state index contributed by atoms with van der Waals surface area (Å²) in [7, 11) is 0. The van der Waals surface area contributed by atoms with Crippen LogP contribution in [0, 0.1) is 23.7 Å². The van der Waals surface area contributed by atoms with Crippen LogP contribution >= 0.6 is 0 Å². The average Bonchev–Trinajstić information content (AvgIpc) is 2.67. The lowest BCUT2D eigenvalue weighted by atomic mass is 9.65. The summed E-state index contributed by atoms with van der Waals surface area (Å²) in [5, 5.41) is 20.5. The smallest absolute Gasteiger partial charge is 0.308 e. The van der Waals surface area contributed by atoms with Crippen molar-refractivity contribution in [3.05, 3.63) is 23.8 Å². The van der Waals surface area contributed by atoms with Crippen molar-refractivity contribution < 1.29 is 33.4 Å². The monoisotopic (exact) mass is 409 g/mol. The Morgan fingerprint density at radius 2 is 2.21 bits per heavy atom. The number of hydrogen-bond acceptors (Lipinski definition) is 6. The van der Waals surface area contributed by atoms with Crippen molar-refractivity contribution in [2.24, 2.45) is 23.7 Å². The zero-order valence-corrected chi connectivity index (χ0v) is 17.1. The fraction of sp³-hybridized carbons (Fsp3) is 0.739. The van der Waals surface area contributed by atoms with Crippen LogP contribution in [0.4, 0.5) is 0 Å². The van der Waals surface area contributed by atoms with Crippen LogP contribution < -0.4 is 0 Å². The summed E-state index contributed by atoms with van der Waals surface area (Å²) in [5.74, 6) is -2.65. The molecule has 1 heterocycles. The van der Waals surface area contributed by atoms with Gasteiger partial charge in [-0.25, -0.2) is 0 Å². The summed E-state index contributed by atoms with van der Waals surface area (Å²) >= 11 is 0. The highest BCUT2D eigenvalue weighted by atomic mass is 16.5. The number of carbonyl (C=O) groups excluding carboxylic acids is 2. The Labute approximate surface area is 177 Å². The van der Waals surface area contributed by atoms with Crippen LogP contribution in [0.2, 0.25) is 0 Å². The van der Waals surface area contributed by atoms with Gasteiger partial charge in [0.05, 0.1) is 24.5 Å². The Hall–Kier alpha value is -1.66. The maximum absolute atomic E-state index is 12.7. The Kier molecular flexibility index (Phi) is 5.90. The van der Waals surface area contributed by atoms with E-state index in [0.717, 1.165) is 5.57 Å². The van der Waals surface area contributed by atoms with Crippen LogP contribution in [-0.4, -0.2) is 46.6 Å². The SMILES string of the molecule is [2H]C([2H])([2H])[C@@H](CC)C(=O)O[C@H]1CC=CC2=C[C@@H](O)[C@H](C)[C@H](CC[C@@H]3C[C@@H](O)CC(=O)O3)[C@H]21. The number of ether oxygens (including phenoxy) is 2. The number of esters is 2. The number of aliphatic hydroxyl groups is 2. The summed E-state index contributed by atoms with van der Waals surface area (Å²) in [6, 6.07) is 0. The number of allylic oxidation sites excluding steroid dienone is 1. The molecule has 3 aliphatic rings. The minimum Gasteiger partial charge on any atom is -0.462 e. The van der Waals surface area contributed by atoms with Gasteiger partial charge in [0.2, 0.25) is 0 Å². The van der Waals surface area contributed by atoms with E-state index in [9.17, 15) is 19.8 Å². The fourth-order valence-corrected chi connectivity index (χ4v) is 4.81. The van der Waals surface area contributed by atoms with E-state index in [0.29, 0.717) is 25.7 Å². The quantitative estimate of drug-likeness (QED) is 0.655. The Bertz CT molecular complexity index is 761. The van der Waals surface area contributed by atoms with Crippen molar-refractivity contribution in [2.45, 2.75) is 83.6 Å². The molecule has 6 heteroatoms. The molecule has 162 valence electrons. The van der Waals surface area contributed by atoms with Crippen LogP contribution in [0.1, 0.15) is 63.3 Å². The molecule has 1 saturated heterocycles. The van der Waals surface area contributed by atoms with E-state index in [1.54, 1.807) is 13.0 Å². The van der Waals surface area contributed by atoms with E-state index < -0.39 is 43.0 Å². The maximum atomic E-state index is 12.7. The van der Waals surface area contributed by atoms with E-state index >= 15 is 0 Å². The second kappa shape index (κ2) is 9.43. The molecule has 0 bridgehead atoms. The fourth-order valence-electron chi connectivity index (χ4n) is 4.81. The molecule has 29 heavy (non-hydrogen) atoms. The summed E-state index contributed by atoms with van der Waals surface area (Å²) in [5.41, 5.74) is 0.882. The van der Waals surface area contributed by atoms with Gasteiger partial charge in [0, 0.05) is 22.9 Å². The lowest BCUT2D eigenvalue weighted by molar-refractivity contribution is -0.162. The van der Waals surface area contributed by atoms with E-state index in [1.165, 1.54) is 0 Å². The third-order valence-electron chi connectivity index (χ3n) is 6.52. The Morgan fingerprint density at radius 3 is 2.90 bits per heavy atom. The van der Waals surface area contributed by atoms with Crippen molar-refractivity contribution >= 4 is 11.9 Å². The maximum Gasteiger partial charge on any atom is 0.308 e. The third-order valence-corrected chi connectivity index (χ3v) is 6.52. The molecule has 6 nitrogen and oxygen atoms in total. The first-order valence-electron chi connectivity index (χ1n) is 12.2. The van der Waals surface area contributed by atoms with Gasteiger partial charge in [0.25, 0.3) is 0 Å². The van der Waals surface area contributed by atoms with E-state index in [4.69, 9.17) is 13.6 Å². The van der Waals surface area contributed by atoms with Gasteiger partial charge in [-0.05, 0) is 36.7 Å². The molecule has 0 aromatic rings. The van der Waals surface area contributed by atoms with Gasteiger partial charge in [-0.15, -0.1) is 0 Å². The number of fused-ring (bicyclic) bond motifs is 1. The molecule has 0 aromatic carbocycles. The second-order valence-corrected chi connectivity index (χ2v) is 8.56. The third kappa shape index (κ3) is 5.10. The number of rotatable bonds is 6. The highest BCUT2D eigenvalue weighted by Gasteiger charge is 2.43. The molecule has 3 rings (SSSR count). The number of hydrogen-bond donors (Lipinski definition) is 2. The van der Waals surface area contributed by atoms with Gasteiger partial charge in [-0.1, -0.05) is 38.9 Å². The van der Waals surface area contributed by atoms with Crippen LogP contribution in [0.15, 0.2) is 23.8 Å². The predicted octanol–water partition coefficient (Wildman–Crippen LogP) is 2.92. The van der Waals surface area contributed by atoms with Gasteiger partial charge in [-0.2, -0.15) is 0 Å². The molecule has 1 aliphatic heterocycles. The van der Waals surface area contributed by atoms with E-state index in [2.05, 4.69) is 0 Å². The van der Waals surface area contributed by atoms with E-state index in [-0.39, 0.29) is 36.7 Å². The largest absolute Gasteiger partial charge is 0.462 e. The van der Waals surface area contributed by atoms with Crippen LogP contribution in [0.3, 0.4) is 0 Å². The first kappa shape index (κ1) is 18.1. The first-order valence-corrected chi connectivity index (χ1v) is 10.7. The minimum absolute atomic E-state index is 0.00939. The zero-order chi connectivity index (χ0) is 23.6. The van der Waals surface area contributed by atoms with Crippen molar-refractivity contribution in [3.63, 3.8) is 0 Å². The van der Waals surface area contributed by atoms with Gasteiger partial charge in [0.15, 0.2) is 0 Å².